The van der Waals surface area contributed by atoms with Gasteiger partial charge in [-0.15, -0.1) is 0 Å². The first kappa shape index (κ1) is 22.3. The SMILES string of the molecule is C[C@@H]1CN(c2cnc3ccccc3n2)C[C@H](C)N1C(=O)NC1CC2(C1)CN(Cc1ccccc1)C2. The average molecular weight is 471 g/mol. The molecule has 2 aliphatic heterocycles. The molecule has 0 radical (unpaired) electrons. The number of nitrogens with one attached hydrogen (secondary N) is 1. The molecule has 182 valence electrons. The highest BCUT2D eigenvalue weighted by Gasteiger charge is 2.52. The largest absolute Gasteiger partial charge is 0.351 e. The van der Waals surface area contributed by atoms with E-state index in [1.165, 1.54) is 5.56 Å². The van der Waals surface area contributed by atoms with Gasteiger partial charge in [0.2, 0.25) is 0 Å². The van der Waals surface area contributed by atoms with Gasteiger partial charge in [-0.05, 0) is 49.8 Å². The summed E-state index contributed by atoms with van der Waals surface area (Å²) in [5, 5.41) is 3.34. The second kappa shape index (κ2) is 8.79. The molecular formula is C28H34N6O. The Labute approximate surface area is 207 Å². The number of benzene rings is 2. The zero-order valence-corrected chi connectivity index (χ0v) is 20.6. The first-order valence-electron chi connectivity index (χ1n) is 12.8. The highest BCUT2D eigenvalue weighted by atomic mass is 16.2. The number of amides is 2. The lowest BCUT2D eigenvalue weighted by molar-refractivity contribution is -0.0812. The summed E-state index contributed by atoms with van der Waals surface area (Å²) in [5.41, 5.74) is 3.60. The first-order chi connectivity index (χ1) is 17.0. The molecule has 2 amide bonds. The van der Waals surface area contributed by atoms with Crippen LogP contribution in [0.15, 0.2) is 60.8 Å². The van der Waals surface area contributed by atoms with Crippen molar-refractivity contribution < 1.29 is 4.79 Å². The monoisotopic (exact) mass is 470 g/mol. The Morgan fingerprint density at radius 3 is 2.34 bits per heavy atom. The molecule has 1 saturated carbocycles. The highest BCUT2D eigenvalue weighted by Crippen LogP contribution is 2.48. The number of hydrogen-bond donors (Lipinski definition) is 1. The summed E-state index contributed by atoms with van der Waals surface area (Å²) in [7, 11) is 0. The number of anilines is 1. The molecule has 3 heterocycles. The topological polar surface area (TPSA) is 64.6 Å². The van der Waals surface area contributed by atoms with Crippen LogP contribution in [-0.4, -0.2) is 70.1 Å². The van der Waals surface area contributed by atoms with Crippen molar-refractivity contribution in [3.63, 3.8) is 0 Å². The maximum absolute atomic E-state index is 13.2. The van der Waals surface area contributed by atoms with Crippen LogP contribution in [0, 0.1) is 5.41 Å². The highest BCUT2D eigenvalue weighted by molar-refractivity contribution is 5.77. The van der Waals surface area contributed by atoms with Crippen molar-refractivity contribution in [3.8, 4) is 0 Å². The Morgan fingerprint density at radius 2 is 1.63 bits per heavy atom. The van der Waals surface area contributed by atoms with E-state index in [-0.39, 0.29) is 18.1 Å². The molecule has 0 unspecified atom stereocenters. The van der Waals surface area contributed by atoms with Crippen molar-refractivity contribution in [3.05, 3.63) is 66.4 Å². The normalized spacial score (nSPS) is 24.3. The van der Waals surface area contributed by atoms with E-state index < -0.39 is 0 Å². The number of aromatic nitrogens is 2. The smallest absolute Gasteiger partial charge is 0.318 e. The second-order valence-electron chi connectivity index (χ2n) is 10.9. The van der Waals surface area contributed by atoms with E-state index in [0.29, 0.717) is 11.5 Å². The fourth-order valence-electron chi connectivity index (χ4n) is 6.46. The van der Waals surface area contributed by atoms with Crippen LogP contribution in [0.3, 0.4) is 0 Å². The molecule has 6 rings (SSSR count). The van der Waals surface area contributed by atoms with Crippen LogP contribution in [0.4, 0.5) is 10.6 Å². The van der Waals surface area contributed by atoms with Gasteiger partial charge in [-0.2, -0.15) is 0 Å². The van der Waals surface area contributed by atoms with E-state index in [1.54, 1.807) is 0 Å². The predicted octanol–water partition coefficient (Wildman–Crippen LogP) is 3.90. The van der Waals surface area contributed by atoms with Gasteiger partial charge in [0.05, 0.1) is 17.2 Å². The van der Waals surface area contributed by atoms with Crippen LogP contribution in [0.1, 0.15) is 32.3 Å². The standard InChI is InChI=1S/C28H34N6O/c1-20-15-33(26-14-29-24-10-6-7-11-25(24)31-26)16-21(2)34(20)27(35)30-23-12-28(13-23)18-32(19-28)17-22-8-4-3-5-9-22/h3-11,14,20-21,23H,12-13,15-19H2,1-2H3,(H,30,35)/t20-,21+. The molecule has 3 aliphatic rings. The Balaban J connectivity index is 1.01. The van der Waals surface area contributed by atoms with Crippen LogP contribution >= 0.6 is 0 Å². The van der Waals surface area contributed by atoms with Gasteiger partial charge in [0.15, 0.2) is 0 Å². The minimum Gasteiger partial charge on any atom is -0.351 e. The number of fused-ring (bicyclic) bond motifs is 1. The molecule has 2 atom stereocenters. The lowest BCUT2D eigenvalue weighted by Gasteiger charge is -2.59. The molecule has 7 heteroatoms. The van der Waals surface area contributed by atoms with Crippen molar-refractivity contribution in [1.29, 1.82) is 0 Å². The van der Waals surface area contributed by atoms with Crippen molar-refractivity contribution in [2.24, 2.45) is 5.41 Å². The average Bonchev–Trinajstić information content (AvgIpc) is 2.81. The van der Waals surface area contributed by atoms with Crippen LogP contribution in [0.5, 0.6) is 0 Å². The van der Waals surface area contributed by atoms with Crippen molar-refractivity contribution in [1.82, 2.24) is 25.1 Å². The van der Waals surface area contributed by atoms with Gasteiger partial charge in [-0.25, -0.2) is 9.78 Å². The minimum absolute atomic E-state index is 0.0783. The summed E-state index contributed by atoms with van der Waals surface area (Å²) in [5.74, 6) is 0.883. The van der Waals surface area contributed by atoms with E-state index in [1.807, 2.05) is 35.4 Å². The summed E-state index contributed by atoms with van der Waals surface area (Å²) in [6.07, 6.45) is 4.05. The first-order valence-corrected chi connectivity index (χ1v) is 12.8. The summed E-state index contributed by atoms with van der Waals surface area (Å²) >= 11 is 0. The summed E-state index contributed by atoms with van der Waals surface area (Å²) in [6.45, 7) is 9.10. The number of para-hydroxylation sites is 2. The molecule has 2 saturated heterocycles. The third kappa shape index (κ3) is 4.33. The van der Waals surface area contributed by atoms with Crippen LogP contribution < -0.4 is 10.2 Å². The lowest BCUT2D eigenvalue weighted by atomic mass is 9.60. The number of piperazine rings is 1. The molecule has 1 aromatic heterocycles. The van der Waals surface area contributed by atoms with E-state index in [2.05, 4.69) is 64.3 Å². The van der Waals surface area contributed by atoms with Crippen molar-refractivity contribution in [2.75, 3.05) is 31.1 Å². The summed E-state index contributed by atoms with van der Waals surface area (Å²) in [4.78, 5) is 29.4. The molecule has 35 heavy (non-hydrogen) atoms. The Hall–Kier alpha value is -3.19. The quantitative estimate of drug-likeness (QED) is 0.627. The van der Waals surface area contributed by atoms with E-state index >= 15 is 0 Å². The molecule has 0 bridgehead atoms. The number of carbonyl (C=O) groups excluding carboxylic acids is 1. The van der Waals surface area contributed by atoms with Gasteiger partial charge in [-0.1, -0.05) is 42.5 Å². The van der Waals surface area contributed by atoms with Crippen molar-refractivity contribution in [2.45, 2.75) is 51.4 Å². The predicted molar refractivity (Wildman–Crippen MR) is 138 cm³/mol. The number of nitrogens with zero attached hydrogens (tertiary/aromatic N) is 5. The Kier molecular flexibility index (Phi) is 5.60. The number of rotatable bonds is 4. The number of carbonyl (C=O) groups is 1. The fourth-order valence-corrected chi connectivity index (χ4v) is 6.46. The zero-order chi connectivity index (χ0) is 24.0. The second-order valence-corrected chi connectivity index (χ2v) is 10.9. The summed E-state index contributed by atoms with van der Waals surface area (Å²) in [6, 6.07) is 19.2. The zero-order valence-electron chi connectivity index (χ0n) is 20.6. The molecule has 3 fully saturated rings. The van der Waals surface area contributed by atoms with Gasteiger partial charge >= 0.3 is 6.03 Å². The number of urea groups is 1. The Morgan fingerprint density at radius 1 is 0.971 bits per heavy atom. The Bertz CT molecular complexity index is 1190. The van der Waals surface area contributed by atoms with Crippen LogP contribution in [0.25, 0.3) is 11.0 Å². The third-order valence-corrected chi connectivity index (χ3v) is 7.97. The lowest BCUT2D eigenvalue weighted by Crippen LogP contribution is -2.68. The third-order valence-electron chi connectivity index (χ3n) is 7.97. The molecule has 1 aliphatic carbocycles. The molecule has 2 aromatic carbocycles. The molecule has 3 aromatic rings. The molecule has 1 spiro atoms. The maximum Gasteiger partial charge on any atom is 0.318 e. The number of hydrogen-bond acceptors (Lipinski definition) is 5. The molecular weight excluding hydrogens is 436 g/mol. The molecule has 1 N–H and O–H groups in total. The van der Waals surface area contributed by atoms with Gasteiger partial charge in [0.25, 0.3) is 0 Å². The van der Waals surface area contributed by atoms with Gasteiger partial charge in [0.1, 0.15) is 5.82 Å². The maximum atomic E-state index is 13.2. The molecule has 7 nitrogen and oxygen atoms in total. The van der Waals surface area contributed by atoms with Gasteiger partial charge in [-0.3, -0.25) is 9.88 Å². The number of likely N-dealkylation sites (tertiary alicyclic amines) is 1. The van der Waals surface area contributed by atoms with E-state index in [9.17, 15) is 4.79 Å². The van der Waals surface area contributed by atoms with Gasteiger partial charge in [0, 0.05) is 50.8 Å². The van der Waals surface area contributed by atoms with E-state index in [4.69, 9.17) is 4.98 Å². The summed E-state index contributed by atoms with van der Waals surface area (Å²) < 4.78 is 0. The van der Waals surface area contributed by atoms with Gasteiger partial charge < -0.3 is 15.1 Å². The van der Waals surface area contributed by atoms with Crippen LogP contribution in [-0.2, 0) is 6.54 Å². The van der Waals surface area contributed by atoms with Crippen LogP contribution in [0.2, 0.25) is 0 Å². The minimum atomic E-state index is 0.0783. The van der Waals surface area contributed by atoms with Crippen molar-refractivity contribution >= 4 is 22.9 Å². The van der Waals surface area contributed by atoms with E-state index in [0.717, 1.165) is 62.4 Å². The fraction of sp³-hybridized carbons (Fsp3) is 0.464.